The molecule has 2 atom stereocenters. The van der Waals surface area contributed by atoms with Gasteiger partial charge < -0.3 is 5.84 Å². The van der Waals surface area contributed by atoms with E-state index in [1.165, 1.54) is 19.3 Å². The van der Waals surface area contributed by atoms with Crippen LogP contribution in [-0.2, 0) is 0 Å². The van der Waals surface area contributed by atoms with Crippen LogP contribution in [0.3, 0.4) is 0 Å². The molecule has 0 saturated heterocycles. The molecule has 1 aliphatic carbocycles. The first-order chi connectivity index (χ1) is 4.75. The fourth-order valence-electron chi connectivity index (χ4n) is 1.86. The van der Waals surface area contributed by atoms with Gasteiger partial charge in [0.05, 0.1) is 0 Å². The van der Waals surface area contributed by atoms with Gasteiger partial charge in [-0.15, -0.1) is 0 Å². The van der Waals surface area contributed by atoms with Gasteiger partial charge in [0.15, 0.2) is 0 Å². The standard InChI is InChI=1S/C8H16N2/c1-6-4-3-5-8(6)7(2)10-9/h6,8H,3-5,9H2,1-2H3/b10-7-. The summed E-state index contributed by atoms with van der Waals surface area (Å²) in [6.45, 7) is 4.32. The Morgan fingerprint density at radius 2 is 2.20 bits per heavy atom. The highest BCUT2D eigenvalue weighted by Crippen LogP contribution is 2.31. The minimum atomic E-state index is 0.671. The number of hydrogen-bond acceptors (Lipinski definition) is 2. The summed E-state index contributed by atoms with van der Waals surface area (Å²) in [5.41, 5.74) is 1.13. The lowest BCUT2D eigenvalue weighted by Gasteiger charge is -2.13. The van der Waals surface area contributed by atoms with Crippen molar-refractivity contribution < 1.29 is 0 Å². The topological polar surface area (TPSA) is 38.4 Å². The molecule has 0 aromatic carbocycles. The molecule has 0 aliphatic heterocycles. The summed E-state index contributed by atoms with van der Waals surface area (Å²) in [4.78, 5) is 0. The lowest BCUT2D eigenvalue weighted by atomic mass is 9.94. The third kappa shape index (κ3) is 1.31. The van der Waals surface area contributed by atoms with Gasteiger partial charge in [-0.3, -0.25) is 0 Å². The first-order valence-electron chi connectivity index (χ1n) is 4.00. The van der Waals surface area contributed by atoms with Crippen LogP contribution in [0.1, 0.15) is 33.1 Å². The van der Waals surface area contributed by atoms with Crippen molar-refractivity contribution in [3.63, 3.8) is 0 Å². The maximum Gasteiger partial charge on any atom is 0.0378 e. The number of rotatable bonds is 1. The molecule has 2 unspecified atom stereocenters. The van der Waals surface area contributed by atoms with Gasteiger partial charge in [0.2, 0.25) is 0 Å². The molecule has 1 rings (SSSR count). The van der Waals surface area contributed by atoms with Crippen LogP contribution in [0.5, 0.6) is 0 Å². The van der Waals surface area contributed by atoms with Crippen LogP contribution >= 0.6 is 0 Å². The quantitative estimate of drug-likeness (QED) is 0.336. The molecule has 58 valence electrons. The average molecular weight is 140 g/mol. The van der Waals surface area contributed by atoms with E-state index in [4.69, 9.17) is 5.84 Å². The van der Waals surface area contributed by atoms with E-state index in [2.05, 4.69) is 12.0 Å². The summed E-state index contributed by atoms with van der Waals surface area (Å²) in [7, 11) is 0. The molecular formula is C8H16N2. The lowest BCUT2D eigenvalue weighted by molar-refractivity contribution is 0.527. The van der Waals surface area contributed by atoms with Crippen molar-refractivity contribution in [2.75, 3.05) is 0 Å². The number of hydrogen-bond donors (Lipinski definition) is 1. The molecule has 1 fully saturated rings. The minimum absolute atomic E-state index is 0.671. The van der Waals surface area contributed by atoms with Crippen molar-refractivity contribution in [1.82, 2.24) is 0 Å². The van der Waals surface area contributed by atoms with E-state index in [1.807, 2.05) is 6.92 Å². The van der Waals surface area contributed by atoms with Crippen LogP contribution in [0.15, 0.2) is 5.10 Å². The summed E-state index contributed by atoms with van der Waals surface area (Å²) in [6, 6.07) is 0. The molecule has 2 heteroatoms. The normalized spacial score (nSPS) is 34.8. The average Bonchev–Trinajstić information content (AvgIpc) is 2.34. The second kappa shape index (κ2) is 3.04. The predicted octanol–water partition coefficient (Wildman–Crippen LogP) is 1.76. The highest BCUT2D eigenvalue weighted by molar-refractivity contribution is 5.84. The summed E-state index contributed by atoms with van der Waals surface area (Å²) < 4.78 is 0. The molecule has 0 heterocycles. The Hall–Kier alpha value is -0.530. The maximum absolute atomic E-state index is 5.20. The van der Waals surface area contributed by atoms with E-state index in [9.17, 15) is 0 Å². The summed E-state index contributed by atoms with van der Waals surface area (Å²) in [6.07, 6.45) is 3.98. The van der Waals surface area contributed by atoms with Gasteiger partial charge in [0.25, 0.3) is 0 Å². The smallest absolute Gasteiger partial charge is 0.0378 e. The van der Waals surface area contributed by atoms with Crippen molar-refractivity contribution in [2.45, 2.75) is 33.1 Å². The Bertz CT molecular complexity index is 140. The van der Waals surface area contributed by atoms with Crippen LogP contribution in [0.4, 0.5) is 0 Å². The number of nitrogens with two attached hydrogens (primary N) is 1. The molecule has 0 aromatic heterocycles. The van der Waals surface area contributed by atoms with Crippen molar-refractivity contribution in [3.8, 4) is 0 Å². The van der Waals surface area contributed by atoms with Crippen molar-refractivity contribution in [3.05, 3.63) is 0 Å². The minimum Gasteiger partial charge on any atom is -0.323 e. The largest absolute Gasteiger partial charge is 0.323 e. The van der Waals surface area contributed by atoms with Crippen LogP contribution < -0.4 is 5.84 Å². The van der Waals surface area contributed by atoms with E-state index in [-0.39, 0.29) is 0 Å². The van der Waals surface area contributed by atoms with E-state index in [1.54, 1.807) is 0 Å². The third-order valence-electron chi connectivity index (χ3n) is 2.60. The zero-order chi connectivity index (χ0) is 7.56. The molecule has 2 N–H and O–H groups in total. The third-order valence-corrected chi connectivity index (χ3v) is 2.60. The summed E-state index contributed by atoms with van der Waals surface area (Å²) in [5, 5.41) is 3.74. The Labute approximate surface area is 62.5 Å². The van der Waals surface area contributed by atoms with E-state index in [0.29, 0.717) is 5.92 Å². The highest BCUT2D eigenvalue weighted by atomic mass is 15.1. The molecule has 10 heavy (non-hydrogen) atoms. The highest BCUT2D eigenvalue weighted by Gasteiger charge is 2.25. The van der Waals surface area contributed by atoms with Gasteiger partial charge in [-0.05, 0) is 19.3 Å². The molecular weight excluding hydrogens is 124 g/mol. The van der Waals surface area contributed by atoms with Gasteiger partial charge >= 0.3 is 0 Å². The van der Waals surface area contributed by atoms with Crippen molar-refractivity contribution in [2.24, 2.45) is 22.8 Å². The van der Waals surface area contributed by atoms with Gasteiger partial charge in [0.1, 0.15) is 0 Å². The molecule has 0 amide bonds. The fraction of sp³-hybridized carbons (Fsp3) is 0.875. The first-order valence-corrected chi connectivity index (χ1v) is 4.00. The second-order valence-corrected chi connectivity index (χ2v) is 3.29. The Morgan fingerprint density at radius 3 is 2.60 bits per heavy atom. The monoisotopic (exact) mass is 140 g/mol. The summed E-state index contributed by atoms with van der Waals surface area (Å²) >= 11 is 0. The lowest BCUT2D eigenvalue weighted by Crippen LogP contribution is -2.15. The Morgan fingerprint density at radius 1 is 1.50 bits per heavy atom. The van der Waals surface area contributed by atoms with Crippen LogP contribution in [0.25, 0.3) is 0 Å². The van der Waals surface area contributed by atoms with Crippen molar-refractivity contribution in [1.29, 1.82) is 0 Å². The zero-order valence-electron chi connectivity index (χ0n) is 6.80. The maximum atomic E-state index is 5.20. The van der Waals surface area contributed by atoms with Crippen molar-refractivity contribution >= 4 is 5.71 Å². The van der Waals surface area contributed by atoms with Crippen LogP contribution in [0, 0.1) is 11.8 Å². The zero-order valence-corrected chi connectivity index (χ0v) is 6.80. The van der Waals surface area contributed by atoms with Gasteiger partial charge in [-0.25, -0.2) is 0 Å². The number of hydrazone groups is 1. The van der Waals surface area contributed by atoms with Crippen LogP contribution in [0.2, 0.25) is 0 Å². The second-order valence-electron chi connectivity index (χ2n) is 3.29. The Balaban J connectivity index is 2.55. The van der Waals surface area contributed by atoms with Gasteiger partial charge in [-0.1, -0.05) is 19.8 Å². The SMILES string of the molecule is C/C(=N/N)C1CCCC1C. The molecule has 0 aromatic rings. The molecule has 0 bridgehead atoms. The molecule has 0 spiro atoms. The van der Waals surface area contributed by atoms with Gasteiger partial charge in [-0.2, -0.15) is 5.10 Å². The summed E-state index contributed by atoms with van der Waals surface area (Å²) in [5.74, 6) is 6.67. The molecule has 1 aliphatic rings. The predicted molar refractivity (Wildman–Crippen MR) is 43.8 cm³/mol. The Kier molecular flexibility index (Phi) is 2.30. The van der Waals surface area contributed by atoms with Gasteiger partial charge in [0, 0.05) is 11.6 Å². The molecule has 0 radical (unpaired) electrons. The first kappa shape index (κ1) is 7.58. The van der Waals surface area contributed by atoms with E-state index >= 15 is 0 Å². The van der Waals surface area contributed by atoms with E-state index in [0.717, 1.165) is 11.6 Å². The van der Waals surface area contributed by atoms with E-state index < -0.39 is 0 Å². The molecule has 1 saturated carbocycles. The fourth-order valence-corrected chi connectivity index (χ4v) is 1.86. The van der Waals surface area contributed by atoms with Crippen LogP contribution in [-0.4, -0.2) is 5.71 Å². The molecule has 2 nitrogen and oxygen atoms in total. The number of nitrogens with zero attached hydrogens (tertiary/aromatic N) is 1.